The zero-order chi connectivity index (χ0) is 12.0. The smallest absolute Gasteiger partial charge is 0.0658 e. The van der Waals surface area contributed by atoms with Gasteiger partial charge in [-0.2, -0.15) is 10.2 Å². The summed E-state index contributed by atoms with van der Waals surface area (Å²) < 4.78 is 5.24. The van der Waals surface area contributed by atoms with Crippen molar-refractivity contribution in [3.05, 3.63) is 23.0 Å². The Balaban J connectivity index is 2.85. The highest BCUT2D eigenvalue weighted by Gasteiger charge is 2.14. The summed E-state index contributed by atoms with van der Waals surface area (Å²) in [6.45, 7) is 7.73. The number of aromatic nitrogens is 2. The molecular formula is C12H21N3O. The first-order valence-electron chi connectivity index (χ1n) is 5.72. The number of rotatable bonds is 6. The second-order valence-electron chi connectivity index (χ2n) is 3.99. The Morgan fingerprint density at radius 1 is 1.38 bits per heavy atom. The fourth-order valence-corrected chi connectivity index (χ4v) is 1.67. The molecule has 1 heterocycles. The molecule has 0 aromatic carbocycles. The summed E-state index contributed by atoms with van der Waals surface area (Å²) in [5.41, 5.74) is 3.10. The van der Waals surface area contributed by atoms with Crippen molar-refractivity contribution in [3.8, 4) is 0 Å². The summed E-state index contributed by atoms with van der Waals surface area (Å²) in [5.74, 6) is 0. The molecule has 0 aliphatic rings. The molecule has 0 bridgehead atoms. The molecule has 0 amide bonds. The molecular weight excluding hydrogens is 202 g/mol. The number of ether oxygens (including phenoxy) is 1. The number of nitrogens with zero attached hydrogens (tertiary/aromatic N) is 2. The lowest BCUT2D eigenvalue weighted by Gasteiger charge is -2.19. The highest BCUT2D eigenvalue weighted by atomic mass is 16.5. The lowest BCUT2D eigenvalue weighted by Crippen LogP contribution is -2.27. The predicted octanol–water partition coefficient (Wildman–Crippen LogP) is 1.78. The largest absolute Gasteiger partial charge is 0.383 e. The minimum atomic E-state index is 0.208. The minimum absolute atomic E-state index is 0.208. The van der Waals surface area contributed by atoms with Gasteiger partial charge in [0.05, 0.1) is 24.0 Å². The molecule has 1 aromatic rings. The molecule has 90 valence electrons. The molecule has 0 aliphatic heterocycles. The van der Waals surface area contributed by atoms with Gasteiger partial charge in [0.15, 0.2) is 0 Å². The quantitative estimate of drug-likeness (QED) is 0.798. The van der Waals surface area contributed by atoms with E-state index in [2.05, 4.69) is 28.5 Å². The zero-order valence-electron chi connectivity index (χ0n) is 10.6. The fourth-order valence-electron chi connectivity index (χ4n) is 1.67. The number of hydrogen-bond acceptors (Lipinski definition) is 4. The van der Waals surface area contributed by atoms with E-state index in [4.69, 9.17) is 4.74 Å². The predicted molar refractivity (Wildman–Crippen MR) is 64.4 cm³/mol. The standard InChI is InChI=1S/C12H21N3O/c1-5-6-13-12(8-16-4)11-7-9(2)14-15-10(11)3/h7,12-13H,5-6,8H2,1-4H3. The molecule has 16 heavy (non-hydrogen) atoms. The van der Waals surface area contributed by atoms with Crippen molar-refractivity contribution >= 4 is 0 Å². The van der Waals surface area contributed by atoms with Gasteiger partial charge in [-0.25, -0.2) is 0 Å². The van der Waals surface area contributed by atoms with E-state index in [-0.39, 0.29) is 6.04 Å². The third-order valence-electron chi connectivity index (χ3n) is 2.49. The van der Waals surface area contributed by atoms with Gasteiger partial charge < -0.3 is 10.1 Å². The summed E-state index contributed by atoms with van der Waals surface area (Å²) in [5, 5.41) is 11.6. The van der Waals surface area contributed by atoms with Crippen LogP contribution in [0.1, 0.15) is 36.3 Å². The Labute approximate surface area is 97.4 Å². The number of aryl methyl sites for hydroxylation is 2. The monoisotopic (exact) mass is 223 g/mol. The molecule has 4 nitrogen and oxygen atoms in total. The second kappa shape index (κ2) is 6.55. The summed E-state index contributed by atoms with van der Waals surface area (Å²) in [6, 6.07) is 2.29. The highest BCUT2D eigenvalue weighted by Crippen LogP contribution is 2.16. The molecule has 0 saturated carbocycles. The van der Waals surface area contributed by atoms with Crippen molar-refractivity contribution in [1.29, 1.82) is 0 Å². The maximum Gasteiger partial charge on any atom is 0.0658 e. The molecule has 0 saturated heterocycles. The topological polar surface area (TPSA) is 47.0 Å². The maximum absolute atomic E-state index is 5.24. The summed E-state index contributed by atoms with van der Waals surface area (Å²) in [4.78, 5) is 0. The van der Waals surface area contributed by atoms with Gasteiger partial charge in [-0.15, -0.1) is 0 Å². The van der Waals surface area contributed by atoms with Gasteiger partial charge >= 0.3 is 0 Å². The van der Waals surface area contributed by atoms with E-state index in [0.29, 0.717) is 6.61 Å². The Hall–Kier alpha value is -1.00. The third kappa shape index (κ3) is 3.54. The van der Waals surface area contributed by atoms with E-state index in [1.165, 1.54) is 5.56 Å². The normalized spacial score (nSPS) is 12.8. The van der Waals surface area contributed by atoms with Crippen molar-refractivity contribution in [1.82, 2.24) is 15.5 Å². The Morgan fingerprint density at radius 2 is 2.12 bits per heavy atom. The van der Waals surface area contributed by atoms with Gasteiger partial charge in [0, 0.05) is 7.11 Å². The first kappa shape index (κ1) is 13.1. The zero-order valence-corrected chi connectivity index (χ0v) is 10.6. The van der Waals surface area contributed by atoms with Crippen molar-refractivity contribution in [2.75, 3.05) is 20.3 Å². The Morgan fingerprint density at radius 3 is 2.75 bits per heavy atom. The molecule has 0 fully saturated rings. The summed E-state index contributed by atoms with van der Waals surface area (Å²) in [7, 11) is 1.72. The first-order valence-corrected chi connectivity index (χ1v) is 5.72. The van der Waals surface area contributed by atoms with Crippen LogP contribution in [0.3, 0.4) is 0 Å². The van der Waals surface area contributed by atoms with Crippen LogP contribution in [0.2, 0.25) is 0 Å². The van der Waals surface area contributed by atoms with Gasteiger partial charge in [0.1, 0.15) is 0 Å². The van der Waals surface area contributed by atoms with Crippen LogP contribution in [0, 0.1) is 13.8 Å². The minimum Gasteiger partial charge on any atom is -0.383 e. The molecule has 0 aliphatic carbocycles. The number of hydrogen-bond donors (Lipinski definition) is 1. The van der Waals surface area contributed by atoms with Crippen LogP contribution < -0.4 is 5.32 Å². The van der Waals surface area contributed by atoms with Gasteiger partial charge in [0.2, 0.25) is 0 Å². The molecule has 4 heteroatoms. The summed E-state index contributed by atoms with van der Waals surface area (Å²) >= 11 is 0. The van der Waals surface area contributed by atoms with Crippen molar-refractivity contribution in [3.63, 3.8) is 0 Å². The van der Waals surface area contributed by atoms with Gasteiger partial charge in [-0.05, 0) is 38.4 Å². The van der Waals surface area contributed by atoms with E-state index in [1.807, 2.05) is 13.8 Å². The Bertz CT molecular complexity index is 328. The molecule has 1 N–H and O–H groups in total. The average molecular weight is 223 g/mol. The van der Waals surface area contributed by atoms with E-state index in [0.717, 1.165) is 24.4 Å². The fraction of sp³-hybridized carbons (Fsp3) is 0.667. The van der Waals surface area contributed by atoms with Gasteiger partial charge in [-0.1, -0.05) is 6.92 Å². The first-order chi connectivity index (χ1) is 7.69. The van der Waals surface area contributed by atoms with Gasteiger partial charge in [0.25, 0.3) is 0 Å². The molecule has 1 rings (SSSR count). The molecule has 1 unspecified atom stereocenters. The molecule has 0 spiro atoms. The van der Waals surface area contributed by atoms with Crippen LogP contribution in [0.4, 0.5) is 0 Å². The number of nitrogens with one attached hydrogen (secondary N) is 1. The Kier molecular flexibility index (Phi) is 5.35. The molecule has 1 atom stereocenters. The lowest BCUT2D eigenvalue weighted by molar-refractivity contribution is 0.166. The highest BCUT2D eigenvalue weighted by molar-refractivity contribution is 5.23. The van der Waals surface area contributed by atoms with Crippen LogP contribution in [0.15, 0.2) is 6.07 Å². The van der Waals surface area contributed by atoms with E-state index in [1.54, 1.807) is 7.11 Å². The van der Waals surface area contributed by atoms with Crippen LogP contribution in [-0.4, -0.2) is 30.5 Å². The van der Waals surface area contributed by atoms with Crippen LogP contribution >= 0.6 is 0 Å². The van der Waals surface area contributed by atoms with Gasteiger partial charge in [-0.3, -0.25) is 0 Å². The van der Waals surface area contributed by atoms with E-state index < -0.39 is 0 Å². The lowest BCUT2D eigenvalue weighted by atomic mass is 10.1. The summed E-state index contributed by atoms with van der Waals surface area (Å²) in [6.07, 6.45) is 1.11. The maximum atomic E-state index is 5.24. The van der Waals surface area contributed by atoms with Crippen LogP contribution in [0.25, 0.3) is 0 Å². The van der Waals surface area contributed by atoms with Crippen molar-refractivity contribution in [2.24, 2.45) is 0 Å². The van der Waals surface area contributed by atoms with Crippen LogP contribution in [-0.2, 0) is 4.74 Å². The SMILES string of the molecule is CCCNC(COC)c1cc(C)nnc1C. The van der Waals surface area contributed by atoms with Crippen molar-refractivity contribution < 1.29 is 4.74 Å². The average Bonchev–Trinajstić information content (AvgIpc) is 2.28. The van der Waals surface area contributed by atoms with Crippen molar-refractivity contribution in [2.45, 2.75) is 33.2 Å². The van der Waals surface area contributed by atoms with E-state index in [9.17, 15) is 0 Å². The van der Waals surface area contributed by atoms with Crippen LogP contribution in [0.5, 0.6) is 0 Å². The third-order valence-corrected chi connectivity index (χ3v) is 2.49. The second-order valence-corrected chi connectivity index (χ2v) is 3.99. The number of methoxy groups -OCH3 is 1. The van der Waals surface area contributed by atoms with E-state index >= 15 is 0 Å². The molecule has 0 radical (unpaired) electrons. The molecule has 1 aromatic heterocycles.